The van der Waals surface area contributed by atoms with Crippen molar-refractivity contribution in [3.8, 4) is 17.2 Å². The molecule has 0 fully saturated rings. The van der Waals surface area contributed by atoms with Crippen molar-refractivity contribution in [1.29, 1.82) is 0 Å². The zero-order chi connectivity index (χ0) is 15.5. The summed E-state index contributed by atoms with van der Waals surface area (Å²) in [6, 6.07) is 13.5. The Balaban J connectivity index is 2.04. The molecule has 4 nitrogen and oxygen atoms in total. The van der Waals surface area contributed by atoms with E-state index in [0.29, 0.717) is 11.5 Å². The van der Waals surface area contributed by atoms with Crippen LogP contribution in [0.25, 0.3) is 0 Å². The van der Waals surface area contributed by atoms with Crippen LogP contribution in [0.2, 0.25) is 0 Å². The molecule has 0 spiro atoms. The number of ether oxygens (including phenoxy) is 2. The molecule has 0 N–H and O–H groups in total. The van der Waals surface area contributed by atoms with Crippen LogP contribution < -0.4 is 9.47 Å². The van der Waals surface area contributed by atoms with Gasteiger partial charge in [0.15, 0.2) is 0 Å². The summed E-state index contributed by atoms with van der Waals surface area (Å²) in [5.41, 5.74) is -0.244. The maximum absolute atomic E-state index is 10.8. The summed E-state index contributed by atoms with van der Waals surface area (Å²) < 4.78 is 32.9. The minimum Gasteiger partial charge on any atom is -0.768 e. The van der Waals surface area contributed by atoms with Gasteiger partial charge < -0.3 is 14.0 Å². The summed E-state index contributed by atoms with van der Waals surface area (Å²) in [5, 5.41) is 0. The van der Waals surface area contributed by atoms with Crippen molar-refractivity contribution in [1.82, 2.24) is 0 Å². The van der Waals surface area contributed by atoms with Gasteiger partial charge in [-0.2, -0.15) is 0 Å². The molecule has 0 saturated heterocycles. The molecule has 0 bridgehead atoms. The van der Waals surface area contributed by atoms with Gasteiger partial charge in [-0.05, 0) is 80.4 Å². The summed E-state index contributed by atoms with van der Waals surface area (Å²) in [7, 11) is 0. The fourth-order valence-corrected chi connectivity index (χ4v) is 2.04. The number of hydrogen-bond acceptors (Lipinski definition) is 4. The first-order valence-corrected chi connectivity index (χ1v) is 7.57. The number of hydrogen-bond donors (Lipinski definition) is 0. The standard InChI is InChI=1S/C16H18O4S/c1-16(2,3)20-14-6-4-12(5-7-14)19-13-8-10-15(11-9-13)21(17)18/h4-11H,1-3H3,(H,17,18)/p-1. The molecule has 2 rings (SSSR count). The zero-order valence-corrected chi connectivity index (χ0v) is 13.0. The van der Waals surface area contributed by atoms with Crippen molar-refractivity contribution in [3.63, 3.8) is 0 Å². The molecular formula is C16H17O4S-. The third kappa shape index (κ3) is 4.88. The largest absolute Gasteiger partial charge is 0.768 e. The molecule has 5 heteroatoms. The third-order valence-corrected chi connectivity index (χ3v) is 3.16. The van der Waals surface area contributed by atoms with Crippen LogP contribution in [-0.4, -0.2) is 14.4 Å². The van der Waals surface area contributed by atoms with Gasteiger partial charge >= 0.3 is 0 Å². The first kappa shape index (κ1) is 15.5. The Hall–Kier alpha value is -1.85. The smallest absolute Gasteiger partial charge is 0.127 e. The van der Waals surface area contributed by atoms with Gasteiger partial charge in [0.25, 0.3) is 0 Å². The summed E-state index contributed by atoms with van der Waals surface area (Å²) in [5.74, 6) is 2.01. The van der Waals surface area contributed by atoms with Crippen molar-refractivity contribution >= 4 is 11.1 Å². The lowest BCUT2D eigenvalue weighted by Gasteiger charge is -2.21. The summed E-state index contributed by atoms with van der Waals surface area (Å²) in [4.78, 5) is 0.233. The Bertz CT molecular complexity index is 612. The topological polar surface area (TPSA) is 58.6 Å². The second kappa shape index (κ2) is 6.28. The molecule has 2 aromatic carbocycles. The van der Waals surface area contributed by atoms with Crippen molar-refractivity contribution in [3.05, 3.63) is 48.5 Å². The van der Waals surface area contributed by atoms with Crippen LogP contribution >= 0.6 is 0 Å². The van der Waals surface area contributed by atoms with E-state index in [9.17, 15) is 8.76 Å². The van der Waals surface area contributed by atoms with Gasteiger partial charge in [0.1, 0.15) is 22.8 Å². The van der Waals surface area contributed by atoms with Gasteiger partial charge in [-0.3, -0.25) is 4.21 Å². The van der Waals surface area contributed by atoms with Crippen molar-refractivity contribution in [2.75, 3.05) is 0 Å². The van der Waals surface area contributed by atoms with Crippen LogP contribution in [0, 0.1) is 0 Å². The average molecular weight is 305 g/mol. The van der Waals surface area contributed by atoms with Gasteiger partial charge in [0.2, 0.25) is 0 Å². The molecule has 0 aliphatic rings. The van der Waals surface area contributed by atoms with Gasteiger partial charge in [-0.1, -0.05) is 0 Å². The Morgan fingerprint density at radius 2 is 1.29 bits per heavy atom. The fraction of sp³-hybridized carbons (Fsp3) is 0.250. The molecule has 0 aromatic heterocycles. The van der Waals surface area contributed by atoms with Gasteiger partial charge in [-0.15, -0.1) is 0 Å². The molecule has 0 radical (unpaired) electrons. The van der Waals surface area contributed by atoms with Gasteiger partial charge in [0, 0.05) is 4.90 Å². The van der Waals surface area contributed by atoms with E-state index >= 15 is 0 Å². The molecule has 2 aromatic rings. The molecule has 21 heavy (non-hydrogen) atoms. The van der Waals surface area contributed by atoms with Crippen LogP contribution in [-0.2, 0) is 11.1 Å². The summed E-state index contributed by atoms with van der Waals surface area (Å²) in [6.07, 6.45) is 0. The Kier molecular flexibility index (Phi) is 4.65. The lowest BCUT2D eigenvalue weighted by Crippen LogP contribution is -2.22. The van der Waals surface area contributed by atoms with Crippen molar-refractivity contribution < 1.29 is 18.2 Å². The SMILES string of the molecule is CC(C)(C)Oc1ccc(Oc2ccc(S(=O)[O-])cc2)cc1. The summed E-state index contributed by atoms with van der Waals surface area (Å²) in [6.45, 7) is 5.96. The number of benzene rings is 2. The highest BCUT2D eigenvalue weighted by Gasteiger charge is 2.11. The van der Waals surface area contributed by atoms with Crippen LogP contribution in [0.4, 0.5) is 0 Å². The quantitative estimate of drug-likeness (QED) is 0.804. The first-order valence-electron chi connectivity index (χ1n) is 6.50. The second-order valence-electron chi connectivity index (χ2n) is 5.49. The average Bonchev–Trinajstić information content (AvgIpc) is 2.40. The lowest BCUT2D eigenvalue weighted by molar-refractivity contribution is 0.131. The van der Waals surface area contributed by atoms with E-state index in [2.05, 4.69) is 0 Å². The Morgan fingerprint density at radius 1 is 0.857 bits per heavy atom. The minimum atomic E-state index is -2.22. The molecule has 0 amide bonds. The molecule has 0 saturated carbocycles. The maximum atomic E-state index is 10.8. The second-order valence-corrected chi connectivity index (χ2v) is 6.43. The monoisotopic (exact) mass is 305 g/mol. The van der Waals surface area contributed by atoms with E-state index in [1.807, 2.05) is 32.9 Å². The van der Waals surface area contributed by atoms with E-state index in [0.717, 1.165) is 5.75 Å². The van der Waals surface area contributed by atoms with E-state index in [1.165, 1.54) is 12.1 Å². The van der Waals surface area contributed by atoms with E-state index in [1.54, 1.807) is 24.3 Å². The predicted octanol–water partition coefficient (Wildman–Crippen LogP) is 3.89. The molecule has 0 heterocycles. The highest BCUT2D eigenvalue weighted by Crippen LogP contribution is 2.26. The first-order chi connectivity index (χ1) is 9.83. The lowest BCUT2D eigenvalue weighted by atomic mass is 10.2. The molecule has 112 valence electrons. The van der Waals surface area contributed by atoms with Crippen LogP contribution in [0.3, 0.4) is 0 Å². The van der Waals surface area contributed by atoms with Crippen LogP contribution in [0.1, 0.15) is 20.8 Å². The van der Waals surface area contributed by atoms with E-state index < -0.39 is 11.1 Å². The van der Waals surface area contributed by atoms with Gasteiger partial charge in [-0.25, -0.2) is 0 Å². The Labute approximate surface area is 127 Å². The molecule has 1 unspecified atom stereocenters. The minimum absolute atomic E-state index is 0.233. The number of rotatable bonds is 4. The van der Waals surface area contributed by atoms with Crippen molar-refractivity contribution in [2.45, 2.75) is 31.3 Å². The van der Waals surface area contributed by atoms with Crippen LogP contribution in [0.5, 0.6) is 17.2 Å². The van der Waals surface area contributed by atoms with E-state index in [4.69, 9.17) is 9.47 Å². The highest BCUT2D eigenvalue weighted by atomic mass is 32.2. The van der Waals surface area contributed by atoms with E-state index in [-0.39, 0.29) is 10.5 Å². The predicted molar refractivity (Wildman–Crippen MR) is 80.5 cm³/mol. The molecule has 1 atom stereocenters. The molecule has 0 aliphatic heterocycles. The summed E-state index contributed by atoms with van der Waals surface area (Å²) >= 11 is -2.22. The van der Waals surface area contributed by atoms with Gasteiger partial charge in [0.05, 0.1) is 0 Å². The zero-order valence-electron chi connectivity index (χ0n) is 12.2. The highest BCUT2D eigenvalue weighted by molar-refractivity contribution is 7.79. The normalized spacial score (nSPS) is 12.8. The maximum Gasteiger partial charge on any atom is 0.127 e. The molecule has 0 aliphatic carbocycles. The fourth-order valence-electron chi connectivity index (χ4n) is 1.68. The Morgan fingerprint density at radius 3 is 1.71 bits per heavy atom. The third-order valence-electron chi connectivity index (χ3n) is 2.50. The molecular weight excluding hydrogens is 288 g/mol. The van der Waals surface area contributed by atoms with Crippen molar-refractivity contribution in [2.24, 2.45) is 0 Å². The van der Waals surface area contributed by atoms with Crippen LogP contribution in [0.15, 0.2) is 53.4 Å².